The SMILES string of the molecule is O=C1NC(=O)C2(C[C@H]3CCC[C@@H](C2)C3CCc2ccccc2)N1. The van der Waals surface area contributed by atoms with E-state index in [2.05, 4.69) is 41.0 Å². The van der Waals surface area contributed by atoms with Crippen LogP contribution >= 0.6 is 0 Å². The van der Waals surface area contributed by atoms with Crippen molar-refractivity contribution in [2.45, 2.75) is 50.5 Å². The van der Waals surface area contributed by atoms with E-state index < -0.39 is 5.54 Å². The lowest BCUT2D eigenvalue weighted by Crippen LogP contribution is -2.56. The number of rotatable bonds is 3. The lowest BCUT2D eigenvalue weighted by atomic mass is 9.57. The highest BCUT2D eigenvalue weighted by Crippen LogP contribution is 2.50. The van der Waals surface area contributed by atoms with Gasteiger partial charge in [0.1, 0.15) is 5.54 Å². The number of carbonyl (C=O) groups excluding carboxylic acids is 2. The molecule has 1 saturated heterocycles. The van der Waals surface area contributed by atoms with E-state index >= 15 is 0 Å². The maximum Gasteiger partial charge on any atom is 0.322 e. The molecule has 2 bridgehead atoms. The number of carbonyl (C=O) groups is 2. The average Bonchev–Trinajstić information content (AvgIpc) is 2.80. The largest absolute Gasteiger partial charge is 0.323 e. The highest BCUT2D eigenvalue weighted by Gasteiger charge is 2.54. The van der Waals surface area contributed by atoms with Gasteiger partial charge in [-0.1, -0.05) is 49.6 Å². The van der Waals surface area contributed by atoms with E-state index in [1.165, 1.54) is 31.2 Å². The molecule has 0 radical (unpaired) electrons. The van der Waals surface area contributed by atoms with Crippen LogP contribution in [-0.4, -0.2) is 17.5 Å². The third kappa shape index (κ3) is 2.64. The Hall–Kier alpha value is -1.84. The van der Waals surface area contributed by atoms with Crippen LogP contribution in [0.5, 0.6) is 0 Å². The molecule has 3 fully saturated rings. The first-order chi connectivity index (χ1) is 11.2. The van der Waals surface area contributed by atoms with Crippen LogP contribution in [0, 0.1) is 17.8 Å². The van der Waals surface area contributed by atoms with E-state index in [-0.39, 0.29) is 11.9 Å². The van der Waals surface area contributed by atoms with Crippen molar-refractivity contribution >= 4 is 11.9 Å². The Bertz CT molecular complexity index is 599. The minimum absolute atomic E-state index is 0.0964. The standard InChI is InChI=1S/C19H24N2O2/c22-17-19(21-18(23)20-17)11-14-7-4-8-15(12-19)16(14)10-9-13-5-2-1-3-6-13/h1-3,5-6,14-16H,4,7-12H2,(H2,20,21,22,23)/t14-,15+,16?,19?. The Labute approximate surface area is 137 Å². The predicted molar refractivity (Wildman–Crippen MR) is 87.7 cm³/mol. The number of hydrogen-bond acceptors (Lipinski definition) is 2. The van der Waals surface area contributed by atoms with Crippen LogP contribution in [0.15, 0.2) is 30.3 Å². The summed E-state index contributed by atoms with van der Waals surface area (Å²) in [5, 5.41) is 5.39. The summed E-state index contributed by atoms with van der Waals surface area (Å²) in [6.07, 6.45) is 7.61. The molecular weight excluding hydrogens is 288 g/mol. The van der Waals surface area contributed by atoms with E-state index in [1.54, 1.807) is 0 Å². The van der Waals surface area contributed by atoms with Crippen molar-refractivity contribution in [2.75, 3.05) is 0 Å². The van der Waals surface area contributed by atoms with Crippen LogP contribution < -0.4 is 10.6 Å². The number of nitrogens with one attached hydrogen (secondary N) is 2. The van der Waals surface area contributed by atoms with Crippen molar-refractivity contribution in [2.24, 2.45) is 17.8 Å². The molecule has 4 heteroatoms. The number of urea groups is 1. The van der Waals surface area contributed by atoms with Crippen LogP contribution in [0.1, 0.15) is 44.1 Å². The maximum absolute atomic E-state index is 12.3. The molecule has 4 rings (SSSR count). The second-order valence-electron chi connectivity index (χ2n) is 7.54. The van der Waals surface area contributed by atoms with Gasteiger partial charge in [-0.25, -0.2) is 4.79 Å². The third-order valence-corrected chi connectivity index (χ3v) is 6.21. The quantitative estimate of drug-likeness (QED) is 0.843. The first-order valence-electron chi connectivity index (χ1n) is 8.84. The van der Waals surface area contributed by atoms with Crippen molar-refractivity contribution in [3.63, 3.8) is 0 Å². The second-order valence-corrected chi connectivity index (χ2v) is 7.54. The van der Waals surface area contributed by atoms with Crippen LogP contribution in [0.25, 0.3) is 0 Å². The lowest BCUT2D eigenvalue weighted by molar-refractivity contribution is -0.128. The molecule has 1 aromatic carbocycles. The summed E-state index contributed by atoms with van der Waals surface area (Å²) in [6.45, 7) is 0. The normalized spacial score (nSPS) is 35.9. The lowest BCUT2D eigenvalue weighted by Gasteiger charge is -2.49. The van der Waals surface area contributed by atoms with Gasteiger partial charge in [0.05, 0.1) is 0 Å². The molecule has 1 spiro atoms. The molecule has 4 atom stereocenters. The zero-order chi connectivity index (χ0) is 15.9. The van der Waals surface area contributed by atoms with Gasteiger partial charge in [0.2, 0.25) is 0 Å². The summed E-state index contributed by atoms with van der Waals surface area (Å²) in [7, 11) is 0. The first kappa shape index (κ1) is 14.7. The number of amides is 3. The molecule has 1 aliphatic heterocycles. The highest BCUT2D eigenvalue weighted by molar-refractivity contribution is 6.07. The van der Waals surface area contributed by atoms with E-state index in [4.69, 9.17) is 0 Å². The van der Waals surface area contributed by atoms with Crippen LogP contribution in [0.4, 0.5) is 4.79 Å². The topological polar surface area (TPSA) is 58.2 Å². The number of fused-ring (bicyclic) bond motifs is 2. The van der Waals surface area contributed by atoms with Gasteiger partial charge in [-0.3, -0.25) is 10.1 Å². The van der Waals surface area contributed by atoms with Gasteiger partial charge in [-0.2, -0.15) is 0 Å². The monoisotopic (exact) mass is 312 g/mol. The average molecular weight is 312 g/mol. The molecule has 3 aliphatic rings. The molecule has 1 heterocycles. The maximum atomic E-state index is 12.3. The predicted octanol–water partition coefficient (Wildman–Crippen LogP) is 3.02. The van der Waals surface area contributed by atoms with E-state index in [0.29, 0.717) is 17.8 Å². The Morgan fingerprint density at radius 2 is 1.74 bits per heavy atom. The minimum Gasteiger partial charge on any atom is -0.323 e. The Kier molecular flexibility index (Phi) is 3.63. The fraction of sp³-hybridized carbons (Fsp3) is 0.579. The van der Waals surface area contributed by atoms with Crippen molar-refractivity contribution in [3.8, 4) is 0 Å². The Balaban J connectivity index is 1.48. The molecule has 2 aliphatic carbocycles. The van der Waals surface area contributed by atoms with Gasteiger partial charge in [-0.05, 0) is 49.0 Å². The van der Waals surface area contributed by atoms with Gasteiger partial charge < -0.3 is 5.32 Å². The van der Waals surface area contributed by atoms with Crippen molar-refractivity contribution in [1.82, 2.24) is 10.6 Å². The number of aryl methyl sites for hydroxylation is 1. The van der Waals surface area contributed by atoms with Gasteiger partial charge in [0.25, 0.3) is 5.91 Å². The summed E-state index contributed by atoms with van der Waals surface area (Å²) >= 11 is 0. The summed E-state index contributed by atoms with van der Waals surface area (Å²) in [5.41, 5.74) is 0.786. The fourth-order valence-electron chi connectivity index (χ4n) is 5.21. The molecule has 23 heavy (non-hydrogen) atoms. The minimum atomic E-state index is -0.615. The van der Waals surface area contributed by atoms with Gasteiger partial charge >= 0.3 is 6.03 Å². The van der Waals surface area contributed by atoms with Crippen LogP contribution in [0.3, 0.4) is 0 Å². The van der Waals surface area contributed by atoms with E-state index in [0.717, 1.165) is 19.3 Å². The molecule has 2 N–H and O–H groups in total. The van der Waals surface area contributed by atoms with Crippen LogP contribution in [-0.2, 0) is 11.2 Å². The third-order valence-electron chi connectivity index (χ3n) is 6.21. The van der Waals surface area contributed by atoms with Crippen molar-refractivity contribution < 1.29 is 9.59 Å². The second kappa shape index (κ2) is 5.66. The smallest absolute Gasteiger partial charge is 0.322 e. The Morgan fingerprint density at radius 3 is 2.35 bits per heavy atom. The molecule has 3 amide bonds. The molecule has 4 nitrogen and oxygen atoms in total. The molecule has 0 aromatic heterocycles. The van der Waals surface area contributed by atoms with Gasteiger partial charge in [0, 0.05) is 0 Å². The molecule has 2 unspecified atom stereocenters. The Morgan fingerprint density at radius 1 is 1.04 bits per heavy atom. The number of imide groups is 1. The van der Waals surface area contributed by atoms with Crippen molar-refractivity contribution in [3.05, 3.63) is 35.9 Å². The van der Waals surface area contributed by atoms with E-state index in [9.17, 15) is 9.59 Å². The van der Waals surface area contributed by atoms with Crippen molar-refractivity contribution in [1.29, 1.82) is 0 Å². The summed E-state index contributed by atoms with van der Waals surface area (Å²) in [4.78, 5) is 23.9. The zero-order valence-electron chi connectivity index (χ0n) is 13.4. The molecule has 122 valence electrons. The fourth-order valence-corrected chi connectivity index (χ4v) is 5.21. The van der Waals surface area contributed by atoms with Crippen LogP contribution in [0.2, 0.25) is 0 Å². The summed E-state index contributed by atoms with van der Waals surface area (Å²) in [5.74, 6) is 1.73. The zero-order valence-corrected chi connectivity index (χ0v) is 13.4. The molecule has 1 aromatic rings. The summed E-state index contributed by atoms with van der Waals surface area (Å²) in [6, 6.07) is 10.4. The van der Waals surface area contributed by atoms with E-state index in [1.807, 2.05) is 0 Å². The summed E-state index contributed by atoms with van der Waals surface area (Å²) < 4.78 is 0. The van der Waals surface area contributed by atoms with Gasteiger partial charge in [0.15, 0.2) is 0 Å². The molecular formula is C19H24N2O2. The first-order valence-corrected chi connectivity index (χ1v) is 8.84. The molecule has 2 saturated carbocycles. The highest BCUT2D eigenvalue weighted by atomic mass is 16.2. The van der Waals surface area contributed by atoms with Gasteiger partial charge in [-0.15, -0.1) is 0 Å². The number of benzene rings is 1. The number of hydrogen-bond donors (Lipinski definition) is 2.